The van der Waals surface area contributed by atoms with Gasteiger partial charge in [0.1, 0.15) is 6.10 Å². The highest BCUT2D eigenvalue weighted by Gasteiger charge is 2.40. The molecule has 90 valence electrons. The molecule has 0 aromatic carbocycles. The predicted octanol–water partition coefficient (Wildman–Crippen LogP) is -0.133. The molecule has 0 spiro atoms. The van der Waals surface area contributed by atoms with Gasteiger partial charge in [0.2, 0.25) is 0 Å². The molecule has 4 nitrogen and oxygen atoms in total. The van der Waals surface area contributed by atoms with Crippen molar-refractivity contribution < 1.29 is 15.3 Å². The van der Waals surface area contributed by atoms with E-state index in [1.54, 1.807) is 0 Å². The second-order valence-electron chi connectivity index (χ2n) is 4.60. The van der Waals surface area contributed by atoms with Crippen LogP contribution in [0.2, 0.25) is 0 Å². The van der Waals surface area contributed by atoms with Crippen LogP contribution in [0.5, 0.6) is 0 Å². The van der Waals surface area contributed by atoms with Gasteiger partial charge in [0, 0.05) is 6.04 Å². The maximum absolute atomic E-state index is 9.75. The van der Waals surface area contributed by atoms with Gasteiger partial charge in [-0.15, -0.1) is 0 Å². The van der Waals surface area contributed by atoms with Crippen LogP contribution in [0, 0.1) is 5.92 Å². The molecule has 0 aromatic rings. The van der Waals surface area contributed by atoms with Gasteiger partial charge in [0.05, 0.1) is 12.2 Å². The lowest BCUT2D eigenvalue weighted by Crippen LogP contribution is -2.57. The van der Waals surface area contributed by atoms with Crippen LogP contribution >= 0.6 is 0 Å². The SMILES string of the molecule is CCCCN[C@@H]1C[C@@H](C)[C@@H](O)[C@@H](O)[C@@H]1O. The minimum absolute atomic E-state index is 0.0301. The molecule has 0 radical (unpaired) electrons. The molecule has 0 bridgehead atoms. The molecular weight excluding hydrogens is 194 g/mol. The van der Waals surface area contributed by atoms with Crippen molar-refractivity contribution in [3.63, 3.8) is 0 Å². The molecule has 15 heavy (non-hydrogen) atoms. The summed E-state index contributed by atoms with van der Waals surface area (Å²) < 4.78 is 0. The van der Waals surface area contributed by atoms with E-state index in [4.69, 9.17) is 0 Å². The lowest BCUT2D eigenvalue weighted by Gasteiger charge is -2.39. The first-order valence-corrected chi connectivity index (χ1v) is 5.85. The van der Waals surface area contributed by atoms with Gasteiger partial charge in [-0.3, -0.25) is 0 Å². The summed E-state index contributed by atoms with van der Waals surface area (Å²) in [5.74, 6) is 0.0301. The second kappa shape index (κ2) is 5.80. The molecule has 1 fully saturated rings. The average Bonchev–Trinajstić information content (AvgIpc) is 2.23. The zero-order valence-corrected chi connectivity index (χ0v) is 9.56. The smallest absolute Gasteiger partial charge is 0.107 e. The number of hydrogen-bond acceptors (Lipinski definition) is 4. The second-order valence-corrected chi connectivity index (χ2v) is 4.60. The van der Waals surface area contributed by atoms with Crippen LogP contribution in [0.15, 0.2) is 0 Å². The standard InChI is InChI=1S/C11H23NO3/c1-3-4-5-12-8-6-7(2)9(13)11(15)10(8)14/h7-15H,3-6H2,1-2H3/t7-,8-,9-,10-,11-/m1/s1. The summed E-state index contributed by atoms with van der Waals surface area (Å²) in [6.45, 7) is 4.86. The highest BCUT2D eigenvalue weighted by Crippen LogP contribution is 2.25. The molecule has 4 N–H and O–H groups in total. The Morgan fingerprint density at radius 1 is 1.13 bits per heavy atom. The molecule has 1 saturated carbocycles. The van der Waals surface area contributed by atoms with E-state index in [9.17, 15) is 15.3 Å². The molecule has 0 amide bonds. The zero-order chi connectivity index (χ0) is 11.4. The van der Waals surface area contributed by atoms with Gasteiger partial charge < -0.3 is 20.6 Å². The van der Waals surface area contributed by atoms with Crippen molar-refractivity contribution in [1.29, 1.82) is 0 Å². The first-order valence-electron chi connectivity index (χ1n) is 5.85. The maximum atomic E-state index is 9.75. The molecule has 5 atom stereocenters. The van der Waals surface area contributed by atoms with Crippen LogP contribution in [0.1, 0.15) is 33.1 Å². The Hall–Kier alpha value is -0.160. The summed E-state index contributed by atoms with van der Waals surface area (Å²) in [6, 6.07) is -0.0926. The number of rotatable bonds is 4. The summed E-state index contributed by atoms with van der Waals surface area (Å²) >= 11 is 0. The number of nitrogens with one attached hydrogen (secondary N) is 1. The molecule has 1 rings (SSSR count). The summed E-state index contributed by atoms with van der Waals surface area (Å²) in [5.41, 5.74) is 0. The van der Waals surface area contributed by atoms with E-state index in [1.165, 1.54) is 0 Å². The third-order valence-electron chi connectivity index (χ3n) is 3.26. The van der Waals surface area contributed by atoms with Crippen molar-refractivity contribution in [3.05, 3.63) is 0 Å². The summed E-state index contributed by atoms with van der Waals surface area (Å²) in [7, 11) is 0. The van der Waals surface area contributed by atoms with E-state index in [0.29, 0.717) is 6.42 Å². The number of aliphatic hydroxyl groups excluding tert-OH is 3. The number of unbranched alkanes of at least 4 members (excludes halogenated alkanes) is 1. The van der Waals surface area contributed by atoms with Gasteiger partial charge in [0.25, 0.3) is 0 Å². The van der Waals surface area contributed by atoms with Crippen molar-refractivity contribution in [2.24, 2.45) is 5.92 Å². The van der Waals surface area contributed by atoms with E-state index in [0.717, 1.165) is 19.4 Å². The largest absolute Gasteiger partial charge is 0.390 e. The Kier molecular flexibility index (Phi) is 4.99. The fraction of sp³-hybridized carbons (Fsp3) is 1.00. The van der Waals surface area contributed by atoms with Crippen LogP contribution in [-0.2, 0) is 0 Å². The van der Waals surface area contributed by atoms with Gasteiger partial charge >= 0.3 is 0 Å². The minimum Gasteiger partial charge on any atom is -0.390 e. The molecule has 1 aliphatic rings. The first kappa shape index (κ1) is 12.9. The minimum atomic E-state index is -1.02. The maximum Gasteiger partial charge on any atom is 0.107 e. The van der Waals surface area contributed by atoms with E-state index in [1.807, 2.05) is 6.92 Å². The van der Waals surface area contributed by atoms with E-state index < -0.39 is 18.3 Å². The molecule has 0 aromatic heterocycles. The topological polar surface area (TPSA) is 72.7 Å². The predicted molar refractivity (Wildman–Crippen MR) is 58.5 cm³/mol. The van der Waals surface area contributed by atoms with Crippen molar-refractivity contribution in [2.45, 2.75) is 57.5 Å². The van der Waals surface area contributed by atoms with E-state index >= 15 is 0 Å². The van der Waals surface area contributed by atoms with Gasteiger partial charge in [-0.1, -0.05) is 20.3 Å². The molecule has 0 saturated heterocycles. The quantitative estimate of drug-likeness (QED) is 0.495. The average molecular weight is 217 g/mol. The number of aliphatic hydroxyl groups is 3. The fourth-order valence-electron chi connectivity index (χ4n) is 2.12. The summed E-state index contributed by atoms with van der Waals surface area (Å²) in [5, 5.41) is 32.2. The van der Waals surface area contributed by atoms with Crippen LogP contribution < -0.4 is 5.32 Å². The lowest BCUT2D eigenvalue weighted by atomic mass is 9.80. The van der Waals surface area contributed by atoms with Crippen LogP contribution in [0.25, 0.3) is 0 Å². The molecule has 1 aliphatic carbocycles. The van der Waals surface area contributed by atoms with Gasteiger partial charge in [-0.2, -0.15) is 0 Å². The molecule has 0 heterocycles. The van der Waals surface area contributed by atoms with Gasteiger partial charge in [-0.05, 0) is 25.3 Å². The van der Waals surface area contributed by atoms with Crippen molar-refractivity contribution in [3.8, 4) is 0 Å². The highest BCUT2D eigenvalue weighted by molar-refractivity contribution is 4.94. The highest BCUT2D eigenvalue weighted by atomic mass is 16.4. The van der Waals surface area contributed by atoms with Crippen molar-refractivity contribution >= 4 is 0 Å². The molecule has 0 unspecified atom stereocenters. The Balaban J connectivity index is 2.43. The lowest BCUT2D eigenvalue weighted by molar-refractivity contribution is -0.119. The Bertz CT molecular complexity index is 189. The first-order chi connectivity index (χ1) is 7.07. The fourth-order valence-corrected chi connectivity index (χ4v) is 2.12. The van der Waals surface area contributed by atoms with Gasteiger partial charge in [-0.25, -0.2) is 0 Å². The van der Waals surface area contributed by atoms with Crippen molar-refractivity contribution in [1.82, 2.24) is 5.32 Å². The Morgan fingerprint density at radius 2 is 1.80 bits per heavy atom. The van der Waals surface area contributed by atoms with Crippen molar-refractivity contribution in [2.75, 3.05) is 6.54 Å². The van der Waals surface area contributed by atoms with Crippen LogP contribution in [-0.4, -0.2) is 46.2 Å². The monoisotopic (exact) mass is 217 g/mol. The van der Waals surface area contributed by atoms with Crippen LogP contribution in [0.3, 0.4) is 0 Å². The summed E-state index contributed by atoms with van der Waals surface area (Å²) in [6.07, 6.45) is 0.209. The zero-order valence-electron chi connectivity index (χ0n) is 9.56. The third kappa shape index (κ3) is 3.14. The van der Waals surface area contributed by atoms with Crippen LogP contribution in [0.4, 0.5) is 0 Å². The normalized spacial score (nSPS) is 41.8. The van der Waals surface area contributed by atoms with E-state index in [-0.39, 0.29) is 12.0 Å². The summed E-state index contributed by atoms with van der Waals surface area (Å²) in [4.78, 5) is 0. The number of hydrogen-bond donors (Lipinski definition) is 4. The Morgan fingerprint density at radius 3 is 2.40 bits per heavy atom. The van der Waals surface area contributed by atoms with E-state index in [2.05, 4.69) is 12.2 Å². The third-order valence-corrected chi connectivity index (χ3v) is 3.26. The molecule has 0 aliphatic heterocycles. The molecular formula is C11H23NO3. The molecule has 4 heteroatoms. The Labute approximate surface area is 91.3 Å². The van der Waals surface area contributed by atoms with Gasteiger partial charge in [0.15, 0.2) is 0 Å².